The van der Waals surface area contributed by atoms with Crippen LogP contribution in [-0.2, 0) is 13.2 Å². The van der Waals surface area contributed by atoms with E-state index in [1.807, 2.05) is 18.2 Å². The number of aliphatic hydroxyl groups is 1. The third-order valence-corrected chi connectivity index (χ3v) is 4.60. The molecule has 2 N–H and O–H groups in total. The molecule has 0 bridgehead atoms. The van der Waals surface area contributed by atoms with Gasteiger partial charge in [0.2, 0.25) is 0 Å². The first-order chi connectivity index (χ1) is 12.1. The minimum absolute atomic E-state index is 0.259. The largest absolute Gasteiger partial charge is 0.493 e. The molecule has 5 heteroatoms. The fraction of sp³-hybridized carbons (Fsp3) is 0.400. The van der Waals surface area contributed by atoms with Crippen LogP contribution in [0.5, 0.6) is 11.5 Å². The van der Waals surface area contributed by atoms with E-state index in [0.717, 1.165) is 30.4 Å². The van der Waals surface area contributed by atoms with Gasteiger partial charge >= 0.3 is 0 Å². The van der Waals surface area contributed by atoms with Gasteiger partial charge in [0.1, 0.15) is 12.4 Å². The Labute approximate surface area is 147 Å². The van der Waals surface area contributed by atoms with Gasteiger partial charge in [0, 0.05) is 13.1 Å². The van der Waals surface area contributed by atoms with E-state index in [0.29, 0.717) is 31.2 Å². The topological polar surface area (TPSA) is 50.7 Å². The summed E-state index contributed by atoms with van der Waals surface area (Å²) in [5.41, 5.74) is 1.43. The smallest absolute Gasteiger partial charge is 0.161 e. The third kappa shape index (κ3) is 4.71. The van der Waals surface area contributed by atoms with Gasteiger partial charge in [0.15, 0.2) is 11.5 Å². The standard InChI is InChI=1S/C20H24FNO3/c1-24-19-11-16(12-22-14-20(23)9-2-10-20)5-8-18(19)25-13-15-3-6-17(21)7-4-15/h3-8,11,22-23H,2,9-10,12-14H2,1H3. The number of rotatable bonds is 8. The maximum Gasteiger partial charge on any atom is 0.161 e. The van der Waals surface area contributed by atoms with Gasteiger partial charge in [-0.1, -0.05) is 18.2 Å². The summed E-state index contributed by atoms with van der Waals surface area (Å²) in [6.45, 7) is 1.62. The zero-order valence-electron chi connectivity index (χ0n) is 14.4. The molecule has 1 aliphatic carbocycles. The molecular formula is C20H24FNO3. The lowest BCUT2D eigenvalue weighted by Gasteiger charge is -2.36. The highest BCUT2D eigenvalue weighted by molar-refractivity contribution is 5.43. The van der Waals surface area contributed by atoms with Crippen molar-refractivity contribution in [3.63, 3.8) is 0 Å². The second-order valence-corrected chi connectivity index (χ2v) is 6.58. The van der Waals surface area contributed by atoms with Crippen molar-refractivity contribution in [2.24, 2.45) is 0 Å². The molecule has 2 aromatic carbocycles. The summed E-state index contributed by atoms with van der Waals surface area (Å²) in [6, 6.07) is 12.0. The highest BCUT2D eigenvalue weighted by Gasteiger charge is 2.33. The summed E-state index contributed by atoms with van der Waals surface area (Å²) in [7, 11) is 1.61. The molecule has 0 saturated heterocycles. The predicted molar refractivity (Wildman–Crippen MR) is 94.2 cm³/mol. The van der Waals surface area contributed by atoms with E-state index in [2.05, 4.69) is 5.32 Å². The van der Waals surface area contributed by atoms with Gasteiger partial charge < -0.3 is 19.9 Å². The van der Waals surface area contributed by atoms with E-state index in [1.165, 1.54) is 12.1 Å². The maximum absolute atomic E-state index is 12.9. The van der Waals surface area contributed by atoms with E-state index in [-0.39, 0.29) is 5.82 Å². The first kappa shape index (κ1) is 17.7. The zero-order chi connectivity index (χ0) is 17.7. The summed E-state index contributed by atoms with van der Waals surface area (Å²) < 4.78 is 24.1. The van der Waals surface area contributed by atoms with Crippen LogP contribution >= 0.6 is 0 Å². The first-order valence-electron chi connectivity index (χ1n) is 8.55. The van der Waals surface area contributed by atoms with Crippen molar-refractivity contribution in [3.8, 4) is 11.5 Å². The summed E-state index contributed by atoms with van der Waals surface area (Å²) >= 11 is 0. The van der Waals surface area contributed by atoms with Crippen molar-refractivity contribution in [1.29, 1.82) is 0 Å². The number of halogens is 1. The average Bonchev–Trinajstić information content (AvgIpc) is 2.60. The quantitative estimate of drug-likeness (QED) is 0.770. The van der Waals surface area contributed by atoms with E-state index in [1.54, 1.807) is 19.2 Å². The molecule has 1 fully saturated rings. The molecule has 0 radical (unpaired) electrons. The average molecular weight is 345 g/mol. The number of nitrogens with one attached hydrogen (secondary N) is 1. The van der Waals surface area contributed by atoms with Crippen molar-refractivity contribution < 1.29 is 19.0 Å². The molecule has 0 unspecified atom stereocenters. The monoisotopic (exact) mass is 345 g/mol. The summed E-state index contributed by atoms with van der Waals surface area (Å²) in [6.07, 6.45) is 2.85. The van der Waals surface area contributed by atoms with Gasteiger partial charge in [0.05, 0.1) is 12.7 Å². The van der Waals surface area contributed by atoms with E-state index >= 15 is 0 Å². The molecule has 0 aromatic heterocycles. The molecule has 1 saturated carbocycles. The predicted octanol–water partition coefficient (Wildman–Crippen LogP) is 3.42. The van der Waals surface area contributed by atoms with Crippen molar-refractivity contribution in [3.05, 3.63) is 59.4 Å². The maximum atomic E-state index is 12.9. The molecule has 0 spiro atoms. The van der Waals surface area contributed by atoms with Crippen LogP contribution in [0.1, 0.15) is 30.4 Å². The molecule has 0 heterocycles. The van der Waals surface area contributed by atoms with E-state index in [4.69, 9.17) is 9.47 Å². The summed E-state index contributed by atoms with van der Waals surface area (Å²) in [5, 5.41) is 13.4. The molecule has 0 atom stereocenters. The van der Waals surface area contributed by atoms with Crippen LogP contribution in [0.25, 0.3) is 0 Å². The third-order valence-electron chi connectivity index (χ3n) is 4.60. The lowest BCUT2D eigenvalue weighted by Crippen LogP contribution is -2.45. The van der Waals surface area contributed by atoms with Crippen LogP contribution in [0.3, 0.4) is 0 Å². The molecular weight excluding hydrogens is 321 g/mol. The van der Waals surface area contributed by atoms with Gasteiger partial charge in [-0.05, 0) is 54.7 Å². The fourth-order valence-electron chi connectivity index (χ4n) is 2.88. The molecule has 134 valence electrons. The molecule has 3 rings (SSSR count). The lowest BCUT2D eigenvalue weighted by atomic mass is 9.80. The summed E-state index contributed by atoms with van der Waals surface area (Å²) in [5.74, 6) is 1.04. The highest BCUT2D eigenvalue weighted by atomic mass is 19.1. The van der Waals surface area contributed by atoms with E-state index in [9.17, 15) is 9.50 Å². The van der Waals surface area contributed by atoms with Crippen LogP contribution in [0, 0.1) is 5.82 Å². The first-order valence-corrected chi connectivity index (χ1v) is 8.55. The Morgan fingerprint density at radius 2 is 1.80 bits per heavy atom. The van der Waals surface area contributed by atoms with Gasteiger partial charge in [-0.3, -0.25) is 0 Å². The minimum Gasteiger partial charge on any atom is -0.493 e. The van der Waals surface area contributed by atoms with Crippen molar-refractivity contribution in [2.75, 3.05) is 13.7 Å². The van der Waals surface area contributed by atoms with Crippen LogP contribution in [0.2, 0.25) is 0 Å². The Morgan fingerprint density at radius 1 is 1.08 bits per heavy atom. The molecule has 2 aromatic rings. The van der Waals surface area contributed by atoms with Gasteiger partial charge in [-0.2, -0.15) is 0 Å². The van der Waals surface area contributed by atoms with Gasteiger partial charge in [-0.15, -0.1) is 0 Å². The Balaban J connectivity index is 1.56. The Hall–Kier alpha value is -2.11. The SMILES string of the molecule is COc1cc(CNCC2(O)CCC2)ccc1OCc1ccc(F)cc1. The molecule has 1 aliphatic rings. The molecule has 25 heavy (non-hydrogen) atoms. The van der Waals surface area contributed by atoms with Crippen LogP contribution in [0.15, 0.2) is 42.5 Å². The normalized spacial score (nSPS) is 15.5. The second kappa shape index (κ2) is 7.85. The van der Waals surface area contributed by atoms with Crippen LogP contribution < -0.4 is 14.8 Å². The number of methoxy groups -OCH3 is 1. The lowest BCUT2D eigenvalue weighted by molar-refractivity contribution is -0.0314. The van der Waals surface area contributed by atoms with Crippen LogP contribution in [0.4, 0.5) is 4.39 Å². The van der Waals surface area contributed by atoms with Gasteiger partial charge in [-0.25, -0.2) is 4.39 Å². The molecule has 4 nitrogen and oxygen atoms in total. The van der Waals surface area contributed by atoms with Crippen LogP contribution in [-0.4, -0.2) is 24.4 Å². The Morgan fingerprint density at radius 3 is 2.44 bits per heavy atom. The van der Waals surface area contributed by atoms with Crippen molar-refractivity contribution in [2.45, 2.75) is 38.0 Å². The molecule has 0 aliphatic heterocycles. The number of hydrogen-bond donors (Lipinski definition) is 2. The molecule has 0 amide bonds. The minimum atomic E-state index is -0.526. The summed E-state index contributed by atoms with van der Waals surface area (Å²) in [4.78, 5) is 0. The van der Waals surface area contributed by atoms with Crippen molar-refractivity contribution in [1.82, 2.24) is 5.32 Å². The highest BCUT2D eigenvalue weighted by Crippen LogP contribution is 2.31. The van der Waals surface area contributed by atoms with E-state index < -0.39 is 5.60 Å². The fourth-order valence-corrected chi connectivity index (χ4v) is 2.88. The number of benzene rings is 2. The van der Waals surface area contributed by atoms with Crippen molar-refractivity contribution >= 4 is 0 Å². The Bertz CT molecular complexity index is 699. The number of ether oxygens (including phenoxy) is 2. The van der Waals surface area contributed by atoms with Gasteiger partial charge in [0.25, 0.3) is 0 Å². The Kier molecular flexibility index (Phi) is 5.56. The zero-order valence-corrected chi connectivity index (χ0v) is 14.4. The second-order valence-electron chi connectivity index (χ2n) is 6.58. The number of hydrogen-bond acceptors (Lipinski definition) is 4.